The largest absolute Gasteiger partial charge is 0.465 e. The van der Waals surface area contributed by atoms with Gasteiger partial charge in [-0.05, 0) is 62.8 Å². The lowest BCUT2D eigenvalue weighted by molar-refractivity contribution is -0.147. The molecule has 7 amide bonds. The second kappa shape index (κ2) is 24.3. The van der Waals surface area contributed by atoms with Crippen LogP contribution in [0.15, 0.2) is 61.2 Å². The number of nitrogens with one attached hydrogen (secondary N) is 6. The molecule has 0 aliphatic heterocycles. The summed E-state index contributed by atoms with van der Waals surface area (Å²) in [5, 5.41) is 14.3. The lowest BCUT2D eigenvalue weighted by atomic mass is 9.98. The van der Waals surface area contributed by atoms with Crippen molar-refractivity contribution in [3.8, 4) is 11.1 Å². The van der Waals surface area contributed by atoms with Crippen molar-refractivity contribution < 1.29 is 62.1 Å². The summed E-state index contributed by atoms with van der Waals surface area (Å²) < 4.78 is 21.1. The van der Waals surface area contributed by atoms with Gasteiger partial charge in [-0.1, -0.05) is 61.2 Å². The van der Waals surface area contributed by atoms with Gasteiger partial charge >= 0.3 is 24.1 Å². The maximum absolute atomic E-state index is 13.1. The van der Waals surface area contributed by atoms with Crippen LogP contribution >= 0.6 is 0 Å². The van der Waals surface area contributed by atoms with E-state index in [0.29, 0.717) is 0 Å². The highest BCUT2D eigenvalue weighted by molar-refractivity contribution is 5.93. The van der Waals surface area contributed by atoms with E-state index in [0.717, 1.165) is 22.3 Å². The molecule has 20 heteroatoms. The fourth-order valence-electron chi connectivity index (χ4n) is 5.98. The monoisotopic (exact) mass is 865 g/mol. The first-order valence-corrected chi connectivity index (χ1v) is 19.8. The smallest absolute Gasteiger partial charge is 0.408 e. The molecule has 0 saturated carbocycles. The topological polar surface area (TPSA) is 289 Å². The molecule has 2 aromatic carbocycles. The predicted molar refractivity (Wildman–Crippen MR) is 222 cm³/mol. The Morgan fingerprint density at radius 3 is 1.97 bits per heavy atom. The third kappa shape index (κ3) is 16.9. The number of ether oxygens (including phenoxy) is 4. The molecule has 0 radical (unpaired) electrons. The van der Waals surface area contributed by atoms with Crippen molar-refractivity contribution in [2.24, 2.45) is 5.73 Å². The average molecular weight is 866 g/mol. The minimum Gasteiger partial charge on any atom is -0.465 e. The van der Waals surface area contributed by atoms with Crippen LogP contribution in [0.25, 0.3) is 11.1 Å². The number of fused-ring (bicyclic) bond motifs is 3. The van der Waals surface area contributed by atoms with Gasteiger partial charge in [-0.25, -0.2) is 14.4 Å². The van der Waals surface area contributed by atoms with Crippen molar-refractivity contribution in [2.75, 3.05) is 39.5 Å². The van der Waals surface area contributed by atoms with E-state index in [4.69, 9.17) is 24.7 Å². The number of rotatable bonds is 23. The molecule has 3 rings (SSSR count). The Kier molecular flexibility index (Phi) is 19.4. The molecule has 8 N–H and O–H groups in total. The van der Waals surface area contributed by atoms with Crippen molar-refractivity contribution in [3.05, 3.63) is 72.3 Å². The number of alkyl carbamates (subject to hydrolysis) is 2. The Balaban J connectivity index is 1.46. The molecular formula is C42H55N7O13. The highest BCUT2D eigenvalue weighted by atomic mass is 16.6. The van der Waals surface area contributed by atoms with Crippen LogP contribution in [0, 0.1) is 0 Å². The van der Waals surface area contributed by atoms with Gasteiger partial charge in [-0.15, -0.1) is 0 Å². The van der Waals surface area contributed by atoms with E-state index in [1.54, 1.807) is 20.8 Å². The molecule has 20 nitrogen and oxygen atoms in total. The van der Waals surface area contributed by atoms with E-state index >= 15 is 0 Å². The van der Waals surface area contributed by atoms with Gasteiger partial charge in [-0.2, -0.15) is 0 Å². The molecule has 0 aromatic heterocycles. The molecule has 0 unspecified atom stereocenters. The maximum Gasteiger partial charge on any atom is 0.408 e. The number of benzene rings is 2. The molecule has 0 saturated heterocycles. The van der Waals surface area contributed by atoms with E-state index < -0.39 is 90.5 Å². The van der Waals surface area contributed by atoms with Crippen LogP contribution < -0.4 is 37.6 Å². The molecule has 336 valence electrons. The summed E-state index contributed by atoms with van der Waals surface area (Å²) in [6.07, 6.45) is -1.45. The zero-order chi connectivity index (χ0) is 45.8. The van der Waals surface area contributed by atoms with Crippen LogP contribution in [0.3, 0.4) is 0 Å². The number of nitrogens with two attached hydrogens (primary N) is 1. The fraction of sp³-hybridized carbons (Fsp3) is 0.452. The Morgan fingerprint density at radius 2 is 1.35 bits per heavy atom. The zero-order valence-corrected chi connectivity index (χ0v) is 35.2. The van der Waals surface area contributed by atoms with Gasteiger partial charge in [0.1, 0.15) is 43.5 Å². The number of amides is 7. The summed E-state index contributed by atoms with van der Waals surface area (Å²) in [5.74, 6) is -5.40. The molecule has 2 aromatic rings. The van der Waals surface area contributed by atoms with Gasteiger partial charge in [0.25, 0.3) is 0 Å². The zero-order valence-electron chi connectivity index (χ0n) is 35.2. The van der Waals surface area contributed by atoms with E-state index in [1.807, 2.05) is 48.5 Å². The van der Waals surface area contributed by atoms with Crippen LogP contribution in [0.4, 0.5) is 9.59 Å². The minimum absolute atomic E-state index is 0.00454. The number of hydrogen-bond donors (Lipinski definition) is 7. The van der Waals surface area contributed by atoms with Crippen molar-refractivity contribution in [1.82, 2.24) is 31.9 Å². The summed E-state index contributed by atoms with van der Waals surface area (Å²) in [7, 11) is 0. The van der Waals surface area contributed by atoms with Crippen molar-refractivity contribution in [3.63, 3.8) is 0 Å². The van der Waals surface area contributed by atoms with Gasteiger partial charge in [0.15, 0.2) is 0 Å². The summed E-state index contributed by atoms with van der Waals surface area (Å²) >= 11 is 0. The van der Waals surface area contributed by atoms with Crippen LogP contribution in [0.1, 0.15) is 70.4 Å². The Bertz CT molecular complexity index is 1920. The highest BCUT2D eigenvalue weighted by Crippen LogP contribution is 2.44. The van der Waals surface area contributed by atoms with Crippen molar-refractivity contribution in [2.45, 2.75) is 83.0 Å². The first-order valence-electron chi connectivity index (χ1n) is 19.8. The number of carbonyl (C=O) groups is 9. The highest BCUT2D eigenvalue weighted by Gasteiger charge is 2.31. The predicted octanol–water partition coefficient (Wildman–Crippen LogP) is 0.958. The van der Waals surface area contributed by atoms with Crippen molar-refractivity contribution in [1.29, 1.82) is 0 Å². The van der Waals surface area contributed by atoms with Gasteiger partial charge < -0.3 is 56.6 Å². The lowest BCUT2D eigenvalue weighted by Gasteiger charge is -2.24. The molecule has 0 spiro atoms. The number of primary amides is 1. The number of carbonyl (C=O) groups excluding carboxylic acids is 9. The van der Waals surface area contributed by atoms with Gasteiger partial charge in [-0.3, -0.25) is 28.8 Å². The van der Waals surface area contributed by atoms with Crippen molar-refractivity contribution >= 4 is 53.7 Å². The Morgan fingerprint density at radius 1 is 0.726 bits per heavy atom. The summed E-state index contributed by atoms with van der Waals surface area (Å²) in [6.45, 7) is 8.12. The summed E-state index contributed by atoms with van der Waals surface area (Å²) in [5.41, 5.74) is 8.15. The second-order valence-electron chi connectivity index (χ2n) is 15.0. The Hall–Kier alpha value is -6.99. The molecule has 0 bridgehead atoms. The summed E-state index contributed by atoms with van der Waals surface area (Å²) in [6, 6.07) is 11.9. The van der Waals surface area contributed by atoms with Crippen LogP contribution in [-0.2, 0) is 52.5 Å². The lowest BCUT2D eigenvalue weighted by Crippen LogP contribution is -2.54. The van der Waals surface area contributed by atoms with E-state index in [1.165, 1.54) is 13.0 Å². The van der Waals surface area contributed by atoms with E-state index in [2.05, 4.69) is 38.5 Å². The molecule has 0 heterocycles. The van der Waals surface area contributed by atoms with Gasteiger partial charge in [0.2, 0.25) is 29.5 Å². The molecule has 1 aliphatic carbocycles. The van der Waals surface area contributed by atoms with Gasteiger partial charge in [0.05, 0.1) is 19.5 Å². The number of hydrogen-bond acceptors (Lipinski definition) is 13. The fourth-order valence-corrected chi connectivity index (χ4v) is 5.98. The average Bonchev–Trinajstić information content (AvgIpc) is 3.53. The SMILES string of the molecule is C=CCOC(=O)[C@H](CCC(=O)OCCC(=O)NCC[C@@H](NC(=O)OC(C)(C)C)C(=O)N[C@@H](C)C(=O)NCC(=O)NCC(N)=O)NC(=O)OCC1c2ccccc2-c2ccccc21. The quantitative estimate of drug-likeness (QED) is 0.0466. The molecule has 1 aliphatic rings. The second-order valence-corrected chi connectivity index (χ2v) is 15.0. The first kappa shape index (κ1) is 49.4. The standard InChI is InChI=1S/C42H55N7O13/c1-6-20-60-39(56)32(49-40(57)61-24-30-28-13-9-7-11-26(28)27-12-8-10-14-29(27)30)15-16-36(53)59-21-18-34(51)44-19-17-31(48-41(58)62-42(3,4)5)38(55)47-25(2)37(54)46-23-35(52)45-22-33(43)50/h6-14,25,30-32H,1,15-24H2,2-5H3,(H2,43,50)(H,44,51)(H,45,52)(H,46,54)(H,47,55)(H,48,58)(H,49,57)/t25-,31+,32-/m0/s1. The third-order valence-electron chi connectivity index (χ3n) is 8.89. The molecule has 3 atom stereocenters. The normalized spacial score (nSPS) is 13.0. The third-order valence-corrected chi connectivity index (χ3v) is 8.89. The van der Waals surface area contributed by atoms with Crippen LogP contribution in [0.5, 0.6) is 0 Å². The van der Waals surface area contributed by atoms with E-state index in [9.17, 15) is 43.2 Å². The summed E-state index contributed by atoms with van der Waals surface area (Å²) in [4.78, 5) is 112. The van der Waals surface area contributed by atoms with Crippen LogP contribution in [0.2, 0.25) is 0 Å². The molecule has 0 fully saturated rings. The molecule has 62 heavy (non-hydrogen) atoms. The maximum atomic E-state index is 13.1. The minimum atomic E-state index is -1.29. The van der Waals surface area contributed by atoms with Crippen LogP contribution in [-0.4, -0.2) is 117 Å². The molecular weight excluding hydrogens is 810 g/mol. The van der Waals surface area contributed by atoms with Gasteiger partial charge in [0, 0.05) is 18.9 Å². The van der Waals surface area contributed by atoms with E-state index in [-0.39, 0.29) is 58.0 Å². The first-order chi connectivity index (χ1) is 29.4. The number of esters is 2. The Labute approximate surface area is 358 Å².